The van der Waals surface area contributed by atoms with Crippen LogP contribution in [0.3, 0.4) is 0 Å². The third-order valence-corrected chi connectivity index (χ3v) is 10.8. The van der Waals surface area contributed by atoms with Crippen LogP contribution in [-0.4, -0.2) is 70.8 Å². The number of alkyl halides is 6. The number of esters is 1. The fourth-order valence-electron chi connectivity index (χ4n) is 8.15. The van der Waals surface area contributed by atoms with Crippen molar-refractivity contribution in [3.63, 3.8) is 0 Å². The Morgan fingerprint density at radius 1 is 0.745 bits per heavy atom. The summed E-state index contributed by atoms with van der Waals surface area (Å²) in [5.74, 6) is -1.76. The van der Waals surface area contributed by atoms with Crippen molar-refractivity contribution in [1.29, 1.82) is 0 Å². The number of nitrogens with zero attached hydrogens (tertiary/aromatic N) is 2. The zero-order chi connectivity index (χ0) is 37.4. The summed E-state index contributed by atoms with van der Waals surface area (Å²) in [7, 11) is 1.33. The minimum absolute atomic E-state index is 0.000974. The molecule has 0 saturated carbocycles. The molecule has 14 heteroatoms. The number of halogens is 6. The maximum absolute atomic E-state index is 13.1. The first-order chi connectivity index (χ1) is 24.0. The number of carboxylic acid groups (broad SMARTS) is 1. The average Bonchev–Trinajstić information content (AvgIpc) is 3.56. The quantitative estimate of drug-likeness (QED) is 0.137. The van der Waals surface area contributed by atoms with E-state index in [4.69, 9.17) is 4.74 Å². The van der Waals surface area contributed by atoms with Crippen molar-refractivity contribution in [1.82, 2.24) is 19.8 Å². The second-order valence-corrected chi connectivity index (χ2v) is 13.6. The number of aromatic carboxylic acids is 1. The molecule has 2 aromatic carbocycles. The molecular formula is C37H44F6N4O4. The summed E-state index contributed by atoms with van der Waals surface area (Å²) in [5, 5.41) is 16.1. The molecule has 8 nitrogen and oxygen atoms in total. The van der Waals surface area contributed by atoms with Gasteiger partial charge < -0.3 is 29.6 Å². The molecule has 0 amide bonds. The number of ether oxygens (including phenoxy) is 1. The van der Waals surface area contributed by atoms with Crippen LogP contribution in [0.4, 0.5) is 26.3 Å². The zero-order valence-electron chi connectivity index (χ0n) is 29.2. The molecule has 51 heavy (non-hydrogen) atoms. The van der Waals surface area contributed by atoms with E-state index in [0.717, 1.165) is 22.1 Å². The number of nitrogens with one attached hydrogen (secondary N) is 2. The van der Waals surface area contributed by atoms with Gasteiger partial charge in [-0.25, -0.2) is 9.59 Å². The van der Waals surface area contributed by atoms with E-state index >= 15 is 0 Å². The number of carbonyl (C=O) groups excluding carboxylic acids is 1. The minimum Gasteiger partial charge on any atom is -0.478 e. The van der Waals surface area contributed by atoms with Crippen molar-refractivity contribution in [2.75, 3.05) is 20.2 Å². The number of methoxy groups -OCH3 is 1. The summed E-state index contributed by atoms with van der Waals surface area (Å²) in [6, 6.07) is 11.2. The smallest absolute Gasteiger partial charge is 0.403 e. The standard InChI is InChI=1S/C19H23F3N2O2.C18H21F3N2O2/c1-11(13-8-9-23-16(10-13)19(20,21)22)24-12(2)17(18(25)26-3)14-6-4-5-7-15(14)24;1-10(12-7-8-22-15(9-12)18(19,20)21)23-11(2)16(17(24)25)13-5-3-4-6-14(13)23/h4-7,11,13,16,23H,8-10H2,1-3H3;3-6,10,12,15,22H,7-9H2,1-2H3,(H,24,25). The van der Waals surface area contributed by atoms with E-state index in [1.165, 1.54) is 7.11 Å². The predicted octanol–water partition coefficient (Wildman–Crippen LogP) is 8.37. The Kier molecular flexibility index (Phi) is 11.2. The maximum atomic E-state index is 13.1. The topological polar surface area (TPSA) is 97.5 Å². The molecule has 2 saturated heterocycles. The summed E-state index contributed by atoms with van der Waals surface area (Å²) in [6.45, 7) is 8.01. The van der Waals surface area contributed by atoms with Crippen LogP contribution in [0.5, 0.6) is 0 Å². The fourth-order valence-corrected chi connectivity index (χ4v) is 8.15. The molecule has 6 rings (SSSR count). The Hall–Kier alpha value is -4.04. The molecule has 6 atom stereocenters. The third-order valence-electron chi connectivity index (χ3n) is 10.8. The molecule has 2 aromatic heterocycles. The molecule has 0 radical (unpaired) electrons. The maximum Gasteiger partial charge on any atom is 0.403 e. The van der Waals surface area contributed by atoms with Gasteiger partial charge in [0.15, 0.2) is 0 Å². The van der Waals surface area contributed by atoms with Gasteiger partial charge in [0.25, 0.3) is 0 Å². The third kappa shape index (κ3) is 7.62. The molecule has 6 unspecified atom stereocenters. The fraction of sp³-hybridized carbons (Fsp3) is 0.514. The number of fused-ring (bicyclic) bond motifs is 2. The van der Waals surface area contributed by atoms with E-state index in [2.05, 4.69) is 10.6 Å². The molecule has 4 heterocycles. The van der Waals surface area contributed by atoms with Crippen molar-refractivity contribution in [3.8, 4) is 0 Å². The predicted molar refractivity (Wildman–Crippen MR) is 182 cm³/mol. The van der Waals surface area contributed by atoms with Crippen LogP contribution >= 0.6 is 0 Å². The second kappa shape index (κ2) is 14.9. The number of aromatic nitrogens is 2. The largest absolute Gasteiger partial charge is 0.478 e. The summed E-state index contributed by atoms with van der Waals surface area (Å²) in [5.41, 5.74) is 3.63. The van der Waals surface area contributed by atoms with Crippen LogP contribution in [-0.2, 0) is 4.74 Å². The van der Waals surface area contributed by atoms with Crippen LogP contribution in [0.25, 0.3) is 21.8 Å². The number of hydrogen-bond donors (Lipinski definition) is 3. The van der Waals surface area contributed by atoms with E-state index < -0.39 is 36.4 Å². The van der Waals surface area contributed by atoms with Crippen LogP contribution in [0, 0.1) is 25.7 Å². The van der Waals surface area contributed by atoms with E-state index in [0.29, 0.717) is 42.6 Å². The van der Waals surface area contributed by atoms with Gasteiger partial charge in [0.05, 0.1) is 18.2 Å². The van der Waals surface area contributed by atoms with Gasteiger partial charge in [0, 0.05) is 45.3 Å². The molecule has 2 aliphatic rings. The van der Waals surface area contributed by atoms with Gasteiger partial charge >= 0.3 is 24.3 Å². The van der Waals surface area contributed by atoms with Gasteiger partial charge in [-0.1, -0.05) is 36.4 Å². The summed E-state index contributed by atoms with van der Waals surface area (Å²) in [6.07, 6.45) is -7.19. The highest BCUT2D eigenvalue weighted by molar-refractivity contribution is 6.06. The molecule has 2 aliphatic heterocycles. The van der Waals surface area contributed by atoms with E-state index in [9.17, 15) is 41.0 Å². The van der Waals surface area contributed by atoms with Crippen LogP contribution in [0.1, 0.15) is 83.7 Å². The number of rotatable bonds is 6. The van der Waals surface area contributed by atoms with Gasteiger partial charge in [-0.3, -0.25) is 0 Å². The van der Waals surface area contributed by atoms with Gasteiger partial charge in [0.1, 0.15) is 12.1 Å². The van der Waals surface area contributed by atoms with Crippen LogP contribution in [0.15, 0.2) is 48.5 Å². The lowest BCUT2D eigenvalue weighted by molar-refractivity contribution is -0.165. The molecule has 0 aliphatic carbocycles. The van der Waals surface area contributed by atoms with Crippen LogP contribution in [0.2, 0.25) is 0 Å². The first kappa shape index (κ1) is 38.2. The lowest BCUT2D eigenvalue weighted by Gasteiger charge is -2.36. The van der Waals surface area contributed by atoms with E-state index in [1.54, 1.807) is 19.1 Å². The van der Waals surface area contributed by atoms with Crippen molar-refractivity contribution < 1.29 is 45.8 Å². The Labute approximate surface area is 292 Å². The average molecular weight is 723 g/mol. The Morgan fingerprint density at radius 2 is 1.14 bits per heavy atom. The Balaban J connectivity index is 0.000000198. The highest BCUT2D eigenvalue weighted by atomic mass is 19.4. The summed E-state index contributed by atoms with van der Waals surface area (Å²) in [4.78, 5) is 23.9. The van der Waals surface area contributed by atoms with Gasteiger partial charge in [-0.15, -0.1) is 0 Å². The molecule has 3 N–H and O–H groups in total. The van der Waals surface area contributed by atoms with Crippen molar-refractivity contribution in [2.45, 2.75) is 89.9 Å². The Morgan fingerprint density at radius 3 is 1.53 bits per heavy atom. The number of hydrogen-bond acceptors (Lipinski definition) is 5. The van der Waals surface area contributed by atoms with Crippen molar-refractivity contribution in [3.05, 3.63) is 71.0 Å². The molecule has 0 spiro atoms. The molecule has 2 fully saturated rings. The van der Waals surface area contributed by atoms with Crippen LogP contribution < -0.4 is 10.6 Å². The zero-order valence-corrected chi connectivity index (χ0v) is 29.2. The summed E-state index contributed by atoms with van der Waals surface area (Å²) >= 11 is 0. The molecule has 278 valence electrons. The number of carbonyl (C=O) groups is 2. The Bertz CT molecular complexity index is 1880. The van der Waals surface area contributed by atoms with E-state index in [1.807, 2.05) is 66.3 Å². The molecule has 4 aromatic rings. The van der Waals surface area contributed by atoms with Crippen molar-refractivity contribution in [2.24, 2.45) is 11.8 Å². The van der Waals surface area contributed by atoms with Gasteiger partial charge in [-0.05, 0) is 90.4 Å². The normalized spacial score (nSPS) is 22.6. The highest BCUT2D eigenvalue weighted by Gasteiger charge is 2.45. The number of piperidine rings is 2. The second-order valence-electron chi connectivity index (χ2n) is 13.6. The van der Waals surface area contributed by atoms with Gasteiger partial charge in [0.2, 0.25) is 0 Å². The van der Waals surface area contributed by atoms with Crippen molar-refractivity contribution >= 4 is 33.7 Å². The highest BCUT2D eigenvalue weighted by Crippen LogP contribution is 2.40. The van der Waals surface area contributed by atoms with E-state index in [-0.39, 0.29) is 42.3 Å². The lowest BCUT2D eigenvalue weighted by Crippen LogP contribution is -2.48. The first-order valence-corrected chi connectivity index (χ1v) is 17.1. The number of para-hydroxylation sites is 2. The molecular weight excluding hydrogens is 678 g/mol. The molecule has 0 bridgehead atoms. The lowest BCUT2D eigenvalue weighted by atomic mass is 9.86. The first-order valence-electron chi connectivity index (χ1n) is 17.1. The number of carboxylic acids is 1. The summed E-state index contributed by atoms with van der Waals surface area (Å²) < 4.78 is 87.4. The monoisotopic (exact) mass is 722 g/mol. The minimum atomic E-state index is -4.27. The SMILES string of the molecule is COC(=O)c1c(C)n(C(C)C2CCNC(C(F)(F)F)C2)c2ccccc12.Cc1c(C(=O)O)c2ccccc2n1C(C)C1CCNC(C(F)(F)F)C1. The van der Waals surface area contributed by atoms with Gasteiger partial charge in [-0.2, -0.15) is 26.3 Å². The number of benzene rings is 2.